The molecular formula is C22H26N6O6S2. The maximum absolute atomic E-state index is 13.2. The predicted molar refractivity (Wildman–Crippen MR) is 139 cm³/mol. The highest BCUT2D eigenvalue weighted by atomic mass is 32.2. The topological polar surface area (TPSA) is 139 Å². The highest BCUT2D eigenvalue weighted by Gasteiger charge is 2.28. The lowest BCUT2D eigenvalue weighted by Crippen LogP contribution is -2.40. The van der Waals surface area contributed by atoms with Crippen molar-refractivity contribution in [2.45, 2.75) is 4.90 Å². The van der Waals surface area contributed by atoms with Gasteiger partial charge in [-0.2, -0.15) is 9.41 Å². The Balaban J connectivity index is 1.55. The molecule has 14 heteroatoms. The fourth-order valence-electron chi connectivity index (χ4n) is 3.87. The number of ether oxygens (including phenoxy) is 2. The molecule has 2 heterocycles. The number of anilines is 2. The third-order valence-corrected chi connectivity index (χ3v) is 7.77. The Hall–Kier alpha value is -3.17. The zero-order valence-electron chi connectivity index (χ0n) is 19.3. The van der Waals surface area contributed by atoms with Crippen molar-refractivity contribution in [1.29, 1.82) is 0 Å². The van der Waals surface area contributed by atoms with E-state index in [2.05, 4.69) is 20.7 Å². The van der Waals surface area contributed by atoms with Crippen LogP contribution in [0.15, 0.2) is 52.5 Å². The molecule has 0 spiro atoms. The number of nitrogens with one attached hydrogen (secondary N) is 2. The first-order chi connectivity index (χ1) is 17.4. The van der Waals surface area contributed by atoms with Gasteiger partial charge in [0.1, 0.15) is 0 Å². The zero-order chi connectivity index (χ0) is 25.5. The van der Waals surface area contributed by atoms with Gasteiger partial charge in [0.2, 0.25) is 10.0 Å². The predicted octanol–water partition coefficient (Wildman–Crippen LogP) is 1.77. The van der Waals surface area contributed by atoms with Crippen molar-refractivity contribution in [3.8, 4) is 0 Å². The van der Waals surface area contributed by atoms with Gasteiger partial charge in [-0.25, -0.2) is 8.42 Å². The molecule has 192 valence electrons. The molecule has 2 saturated heterocycles. The lowest BCUT2D eigenvalue weighted by Gasteiger charge is -2.31. The fraction of sp³-hybridized carbons (Fsp3) is 0.364. The number of thiocarbonyl (C=S) groups is 1. The van der Waals surface area contributed by atoms with Crippen LogP contribution in [0.5, 0.6) is 0 Å². The second-order valence-corrected chi connectivity index (χ2v) is 10.3. The molecule has 0 unspecified atom stereocenters. The van der Waals surface area contributed by atoms with Gasteiger partial charge in [-0.15, -0.1) is 0 Å². The summed E-state index contributed by atoms with van der Waals surface area (Å²) in [6, 6.07) is 11.1. The summed E-state index contributed by atoms with van der Waals surface area (Å²) in [5.74, 6) is 0. The summed E-state index contributed by atoms with van der Waals surface area (Å²) in [7, 11) is -3.72. The van der Waals surface area contributed by atoms with Gasteiger partial charge in [0.25, 0.3) is 5.69 Å². The van der Waals surface area contributed by atoms with Gasteiger partial charge in [0.15, 0.2) is 5.11 Å². The summed E-state index contributed by atoms with van der Waals surface area (Å²) in [5, 5.41) is 18.3. The molecule has 0 aliphatic carbocycles. The highest BCUT2D eigenvalue weighted by Crippen LogP contribution is 2.31. The van der Waals surface area contributed by atoms with Gasteiger partial charge < -0.3 is 19.7 Å². The number of hydrogen-bond donors (Lipinski definition) is 2. The van der Waals surface area contributed by atoms with Crippen molar-refractivity contribution in [1.82, 2.24) is 9.73 Å². The van der Waals surface area contributed by atoms with E-state index < -0.39 is 14.9 Å². The molecule has 12 nitrogen and oxygen atoms in total. The average Bonchev–Trinajstić information content (AvgIpc) is 2.90. The molecule has 0 aromatic heterocycles. The molecule has 0 saturated carbocycles. The van der Waals surface area contributed by atoms with Crippen molar-refractivity contribution >= 4 is 50.6 Å². The smallest absolute Gasteiger partial charge is 0.278 e. The number of benzene rings is 2. The molecule has 2 aliphatic rings. The minimum atomic E-state index is -3.72. The Bertz CT molecular complexity index is 1240. The first kappa shape index (κ1) is 25.9. The molecule has 0 bridgehead atoms. The Kier molecular flexibility index (Phi) is 8.43. The number of hydrogen-bond acceptors (Lipinski definition) is 9. The Morgan fingerprint density at radius 3 is 2.42 bits per heavy atom. The molecule has 2 fully saturated rings. The van der Waals surface area contributed by atoms with E-state index >= 15 is 0 Å². The molecule has 2 aromatic rings. The van der Waals surface area contributed by atoms with Gasteiger partial charge in [0, 0.05) is 32.2 Å². The summed E-state index contributed by atoms with van der Waals surface area (Å²) in [5.41, 5.74) is 4.13. The van der Waals surface area contributed by atoms with Crippen LogP contribution in [-0.4, -0.2) is 81.6 Å². The van der Waals surface area contributed by atoms with Gasteiger partial charge in [-0.05, 0) is 36.5 Å². The second kappa shape index (κ2) is 11.7. The molecule has 36 heavy (non-hydrogen) atoms. The molecule has 0 radical (unpaired) electrons. The number of rotatable bonds is 7. The van der Waals surface area contributed by atoms with Crippen LogP contribution < -0.4 is 15.6 Å². The lowest BCUT2D eigenvalue weighted by atomic mass is 10.2. The van der Waals surface area contributed by atoms with Crippen LogP contribution in [0.25, 0.3) is 0 Å². The number of sulfonamides is 1. The quantitative estimate of drug-likeness (QED) is 0.234. The molecule has 2 aliphatic heterocycles. The summed E-state index contributed by atoms with van der Waals surface area (Å²) >= 11 is 5.37. The fourth-order valence-corrected chi connectivity index (χ4v) is 5.46. The van der Waals surface area contributed by atoms with E-state index in [9.17, 15) is 18.5 Å². The van der Waals surface area contributed by atoms with Crippen LogP contribution in [0.4, 0.5) is 17.1 Å². The van der Waals surface area contributed by atoms with Crippen LogP contribution in [0.2, 0.25) is 0 Å². The zero-order valence-corrected chi connectivity index (χ0v) is 21.0. The maximum atomic E-state index is 13.2. The van der Waals surface area contributed by atoms with Crippen molar-refractivity contribution in [3.63, 3.8) is 0 Å². The van der Waals surface area contributed by atoms with E-state index in [0.29, 0.717) is 50.8 Å². The van der Waals surface area contributed by atoms with E-state index in [1.807, 2.05) is 0 Å². The van der Waals surface area contributed by atoms with Gasteiger partial charge in [-0.3, -0.25) is 15.5 Å². The molecule has 2 aromatic carbocycles. The standard InChI is InChI=1S/C22H26N6O6S2/c29-28(30)20-4-2-1-3-17(20)16-23-25-22(35)24-19-15-18(36(31,32)27-9-13-34-14-10-27)5-6-21(19)26-7-11-33-12-8-26/h1-6,15-16H,7-14H2,(H2,24,25,35)/b23-16-. The van der Waals surface area contributed by atoms with Gasteiger partial charge in [-0.1, -0.05) is 12.1 Å². The second-order valence-electron chi connectivity index (χ2n) is 7.93. The summed E-state index contributed by atoms with van der Waals surface area (Å²) in [4.78, 5) is 12.9. The minimum Gasteiger partial charge on any atom is -0.379 e. The van der Waals surface area contributed by atoms with Gasteiger partial charge in [0.05, 0.1) is 59.4 Å². The third kappa shape index (κ3) is 6.14. The lowest BCUT2D eigenvalue weighted by molar-refractivity contribution is -0.385. The SMILES string of the molecule is O=[N+]([O-])c1ccccc1/C=N\NC(=S)Nc1cc(S(=O)(=O)N2CCOCC2)ccc1N1CCOCC1. The number of nitro benzene ring substituents is 1. The first-order valence-corrected chi connectivity index (χ1v) is 13.1. The van der Waals surface area contributed by atoms with Crippen molar-refractivity contribution in [2.75, 3.05) is 62.8 Å². The Morgan fingerprint density at radius 1 is 1.06 bits per heavy atom. The van der Waals surface area contributed by atoms with E-state index in [-0.39, 0.29) is 28.8 Å². The summed E-state index contributed by atoms with van der Waals surface area (Å²) in [6.45, 7) is 3.66. The van der Waals surface area contributed by atoms with Crippen LogP contribution in [0.1, 0.15) is 5.56 Å². The van der Waals surface area contributed by atoms with E-state index in [1.54, 1.807) is 36.4 Å². The largest absolute Gasteiger partial charge is 0.379 e. The van der Waals surface area contributed by atoms with E-state index in [1.165, 1.54) is 16.6 Å². The van der Waals surface area contributed by atoms with Crippen LogP contribution >= 0.6 is 12.2 Å². The molecule has 0 amide bonds. The van der Waals surface area contributed by atoms with Crippen LogP contribution in [0, 0.1) is 10.1 Å². The third-order valence-electron chi connectivity index (χ3n) is 5.68. The Labute approximate surface area is 214 Å². The first-order valence-electron chi connectivity index (χ1n) is 11.2. The normalized spacial score (nSPS) is 17.2. The number of nitro groups is 1. The van der Waals surface area contributed by atoms with Crippen molar-refractivity contribution < 1.29 is 22.8 Å². The van der Waals surface area contributed by atoms with Crippen LogP contribution in [-0.2, 0) is 19.5 Å². The number of morpholine rings is 2. The van der Waals surface area contributed by atoms with Crippen LogP contribution in [0.3, 0.4) is 0 Å². The number of para-hydroxylation sites is 1. The average molecular weight is 535 g/mol. The monoisotopic (exact) mass is 534 g/mol. The van der Waals surface area contributed by atoms with Crippen molar-refractivity contribution in [3.05, 3.63) is 58.1 Å². The summed E-state index contributed by atoms with van der Waals surface area (Å²) in [6.07, 6.45) is 1.30. The highest BCUT2D eigenvalue weighted by molar-refractivity contribution is 7.89. The molecule has 2 N–H and O–H groups in total. The Morgan fingerprint density at radius 2 is 1.72 bits per heavy atom. The minimum absolute atomic E-state index is 0.0856. The molecule has 0 atom stereocenters. The number of hydrazone groups is 1. The molecule has 4 rings (SSSR count). The van der Waals surface area contributed by atoms with Gasteiger partial charge >= 0.3 is 0 Å². The number of nitrogens with zero attached hydrogens (tertiary/aromatic N) is 4. The van der Waals surface area contributed by atoms with E-state index in [0.717, 1.165) is 5.69 Å². The van der Waals surface area contributed by atoms with Crippen molar-refractivity contribution in [2.24, 2.45) is 5.10 Å². The summed E-state index contributed by atoms with van der Waals surface area (Å²) < 4.78 is 38.5. The van der Waals surface area contributed by atoms with E-state index in [4.69, 9.17) is 21.7 Å². The maximum Gasteiger partial charge on any atom is 0.278 e. The molecular weight excluding hydrogens is 508 g/mol.